The number of benzene rings is 2. The van der Waals surface area contributed by atoms with Crippen molar-refractivity contribution in [3.05, 3.63) is 101 Å². The van der Waals surface area contributed by atoms with Crippen LogP contribution in [0.4, 0.5) is 5.69 Å². The lowest BCUT2D eigenvalue weighted by Crippen LogP contribution is -2.22. The molecule has 0 fully saturated rings. The van der Waals surface area contributed by atoms with Gasteiger partial charge in [0.1, 0.15) is 18.2 Å². The first-order valence-electron chi connectivity index (χ1n) is 12.0. The maximum atomic E-state index is 5.99. The number of furan rings is 1. The molecule has 0 unspecified atom stereocenters. The van der Waals surface area contributed by atoms with Crippen molar-refractivity contribution in [1.29, 1.82) is 0 Å². The van der Waals surface area contributed by atoms with Gasteiger partial charge in [-0.1, -0.05) is 70.6 Å². The normalized spacial score (nSPS) is 15.0. The number of hydrogen-bond acceptors (Lipinski definition) is 1. The van der Waals surface area contributed by atoms with Gasteiger partial charge >= 0.3 is 0 Å². The first-order valence-corrected chi connectivity index (χ1v) is 12.0. The van der Waals surface area contributed by atoms with Gasteiger partial charge in [0, 0.05) is 24.1 Å². The molecule has 2 aromatic heterocycles. The number of nitrogens with zero attached hydrogens (tertiary/aromatic N) is 2. The van der Waals surface area contributed by atoms with Crippen LogP contribution in [-0.2, 0) is 11.8 Å². The zero-order chi connectivity index (χ0) is 24.0. The Morgan fingerprint density at radius 2 is 1.79 bits per heavy atom. The Balaban J connectivity index is 1.62. The molecule has 3 nitrogen and oxygen atoms in total. The Morgan fingerprint density at radius 3 is 2.56 bits per heavy atom. The van der Waals surface area contributed by atoms with E-state index in [2.05, 4.69) is 95.9 Å². The average Bonchev–Trinajstić information content (AvgIpc) is 3.18. The second kappa shape index (κ2) is 8.32. The van der Waals surface area contributed by atoms with Crippen LogP contribution in [0.1, 0.15) is 51.7 Å². The second-order valence-corrected chi connectivity index (χ2v) is 10.7. The molecule has 1 aliphatic rings. The Kier molecular flexibility index (Phi) is 5.44. The van der Waals surface area contributed by atoms with Gasteiger partial charge in [-0.2, -0.15) is 4.24 Å². The predicted molar refractivity (Wildman–Crippen MR) is 141 cm³/mol. The smallest absolute Gasteiger partial charge is 0.217 e. The Bertz CT molecular complexity index is 1530. The maximum Gasteiger partial charge on any atom is 0.217 e. The van der Waals surface area contributed by atoms with Gasteiger partial charge in [-0.15, -0.1) is 5.70 Å². The molecule has 0 N–H and O–H groups in total. The van der Waals surface area contributed by atoms with Crippen LogP contribution in [0.3, 0.4) is 0 Å². The molecule has 34 heavy (non-hydrogen) atoms. The molecule has 4 aromatic rings. The summed E-state index contributed by atoms with van der Waals surface area (Å²) in [6, 6.07) is 19.5. The minimum Gasteiger partial charge on any atom is -0.654 e. The summed E-state index contributed by atoms with van der Waals surface area (Å²) in [7, 11) is 0. The average molecular weight is 449 g/mol. The molecule has 3 heteroatoms. The molecule has 172 valence electrons. The largest absolute Gasteiger partial charge is 0.654 e. The van der Waals surface area contributed by atoms with E-state index in [1.54, 1.807) is 0 Å². The Labute approximate surface area is 201 Å². The molecule has 0 aliphatic carbocycles. The predicted octanol–water partition coefficient (Wildman–Crippen LogP) is 7.36. The van der Waals surface area contributed by atoms with Crippen LogP contribution in [0.2, 0.25) is 0 Å². The van der Waals surface area contributed by atoms with E-state index in [0.717, 1.165) is 45.8 Å². The minimum atomic E-state index is 0.0286. The molecule has 2 aromatic carbocycles. The van der Waals surface area contributed by atoms with E-state index in [1.165, 1.54) is 16.3 Å². The van der Waals surface area contributed by atoms with E-state index in [9.17, 15) is 0 Å². The van der Waals surface area contributed by atoms with Gasteiger partial charge in [-0.05, 0) is 57.2 Å². The highest BCUT2D eigenvalue weighted by atomic mass is 16.3. The molecule has 0 saturated heterocycles. The highest BCUT2D eigenvalue weighted by molar-refractivity contribution is 5.91. The Morgan fingerprint density at radius 1 is 1.00 bits per heavy atom. The van der Waals surface area contributed by atoms with Crippen molar-refractivity contribution in [3.8, 4) is 11.3 Å². The van der Waals surface area contributed by atoms with E-state index < -0.39 is 0 Å². The van der Waals surface area contributed by atoms with E-state index in [0.29, 0.717) is 5.92 Å². The molecule has 0 saturated carbocycles. The lowest BCUT2D eigenvalue weighted by Gasteiger charge is -2.26. The third-order valence-electron chi connectivity index (χ3n) is 6.33. The minimum absolute atomic E-state index is 0.0286. The SMILES string of the molecule is C=[n+]1ccc(=C2C=Cc3oc(CC(C)C)cc3[N-]2)cc1-c1cc(C(C)(C)C)c2ccccc2c1. The van der Waals surface area contributed by atoms with Crippen molar-refractivity contribution in [2.75, 3.05) is 0 Å². The van der Waals surface area contributed by atoms with Crippen LogP contribution in [-0.4, -0.2) is 0 Å². The summed E-state index contributed by atoms with van der Waals surface area (Å²) in [6.45, 7) is 15.5. The van der Waals surface area contributed by atoms with Crippen molar-refractivity contribution < 1.29 is 8.66 Å². The highest BCUT2D eigenvalue weighted by Crippen LogP contribution is 2.38. The second-order valence-electron chi connectivity index (χ2n) is 10.7. The van der Waals surface area contributed by atoms with Crippen LogP contribution in [0.15, 0.2) is 71.3 Å². The first-order chi connectivity index (χ1) is 16.2. The lowest BCUT2D eigenvalue weighted by molar-refractivity contribution is -0.486. The topological polar surface area (TPSA) is 33.1 Å². The molecule has 5 rings (SSSR count). The van der Waals surface area contributed by atoms with Gasteiger partial charge in [-0.25, -0.2) is 0 Å². The van der Waals surface area contributed by atoms with Crippen molar-refractivity contribution in [2.24, 2.45) is 5.92 Å². The quantitative estimate of drug-likeness (QED) is 0.301. The number of hydrogen-bond donors (Lipinski definition) is 0. The molecule has 1 aliphatic heterocycles. The van der Waals surface area contributed by atoms with E-state index in [-0.39, 0.29) is 5.41 Å². The van der Waals surface area contributed by atoms with Crippen LogP contribution < -0.4 is 9.46 Å². The van der Waals surface area contributed by atoms with Crippen LogP contribution in [0, 0.1) is 12.6 Å². The summed E-state index contributed by atoms with van der Waals surface area (Å²) < 4.78 is 7.93. The standard InChI is InChI=1S/C31H32N2O/c1-20(2)15-24-19-28-30(34-24)12-11-27(32-28)22-13-14-33(6)29(18-22)23-16-21-9-7-8-10-25(21)26(17-23)31(3,4)5/h7-14,16-20H,6,15H2,1-5H3. The van der Waals surface area contributed by atoms with Crippen molar-refractivity contribution in [2.45, 2.75) is 46.5 Å². The fourth-order valence-corrected chi connectivity index (χ4v) is 4.66. The number of rotatable bonds is 3. The lowest BCUT2D eigenvalue weighted by atomic mass is 9.82. The summed E-state index contributed by atoms with van der Waals surface area (Å²) in [5.74, 6) is 2.38. The zero-order valence-corrected chi connectivity index (χ0v) is 20.7. The van der Waals surface area contributed by atoms with Gasteiger partial charge in [0.25, 0.3) is 0 Å². The molecule has 0 spiro atoms. The fourth-order valence-electron chi connectivity index (χ4n) is 4.66. The van der Waals surface area contributed by atoms with E-state index in [4.69, 9.17) is 9.73 Å². The summed E-state index contributed by atoms with van der Waals surface area (Å²) in [4.78, 5) is 0. The molecular weight excluding hydrogens is 416 g/mol. The molecule has 0 amide bonds. The van der Waals surface area contributed by atoms with Crippen LogP contribution in [0.25, 0.3) is 39.1 Å². The van der Waals surface area contributed by atoms with Crippen LogP contribution in [0.5, 0.6) is 0 Å². The first kappa shape index (κ1) is 22.2. The van der Waals surface area contributed by atoms with Crippen molar-refractivity contribution >= 4 is 28.2 Å². The molecular formula is C31H32N2O. The van der Waals surface area contributed by atoms with Gasteiger partial charge in [0.05, 0.1) is 0 Å². The summed E-state index contributed by atoms with van der Waals surface area (Å²) >= 11 is 0. The monoisotopic (exact) mass is 448 g/mol. The summed E-state index contributed by atoms with van der Waals surface area (Å²) in [5.41, 5.74) is 5.42. The number of fused-ring (bicyclic) bond motifs is 2. The third-order valence-corrected chi connectivity index (χ3v) is 6.33. The van der Waals surface area contributed by atoms with E-state index >= 15 is 0 Å². The molecule has 0 atom stereocenters. The van der Waals surface area contributed by atoms with Gasteiger partial charge in [0.2, 0.25) is 5.69 Å². The summed E-state index contributed by atoms with van der Waals surface area (Å²) in [5, 5.41) is 8.53. The molecule has 3 heterocycles. The van der Waals surface area contributed by atoms with Gasteiger partial charge < -0.3 is 9.73 Å². The zero-order valence-electron chi connectivity index (χ0n) is 20.7. The van der Waals surface area contributed by atoms with Crippen LogP contribution >= 0.6 is 0 Å². The number of pyridine rings is 1. The van der Waals surface area contributed by atoms with Crippen molar-refractivity contribution in [1.82, 2.24) is 0 Å². The van der Waals surface area contributed by atoms with Crippen molar-refractivity contribution in [3.63, 3.8) is 0 Å². The van der Waals surface area contributed by atoms with E-state index in [1.807, 2.05) is 22.6 Å². The maximum absolute atomic E-state index is 5.99. The highest BCUT2D eigenvalue weighted by Gasteiger charge is 2.20. The van der Waals surface area contributed by atoms with Gasteiger partial charge in [-0.3, -0.25) is 0 Å². The molecule has 0 bridgehead atoms. The summed E-state index contributed by atoms with van der Waals surface area (Å²) in [6.07, 6.45) is 7.00. The third kappa shape index (κ3) is 4.19. The van der Waals surface area contributed by atoms with Gasteiger partial charge in [0.15, 0.2) is 6.20 Å². The number of aromatic nitrogens is 1. The molecule has 0 radical (unpaired) electrons. The Hall–Kier alpha value is -3.59. The fraction of sp³-hybridized carbons (Fsp3) is 0.258.